The van der Waals surface area contributed by atoms with Crippen LogP contribution in [0, 0.1) is 0 Å². The van der Waals surface area contributed by atoms with E-state index < -0.39 is 0 Å². The van der Waals surface area contributed by atoms with Gasteiger partial charge < -0.3 is 0 Å². The van der Waals surface area contributed by atoms with Crippen molar-refractivity contribution < 1.29 is 4.79 Å². The molecule has 0 bridgehead atoms. The lowest BCUT2D eigenvalue weighted by molar-refractivity contribution is 0.0983. The SMILES string of the molecule is O=C(CCCCl)c1cccc2cnccc12. The topological polar surface area (TPSA) is 30.0 Å². The summed E-state index contributed by atoms with van der Waals surface area (Å²) < 4.78 is 0. The van der Waals surface area contributed by atoms with Gasteiger partial charge in [0.25, 0.3) is 0 Å². The first kappa shape index (κ1) is 11.1. The lowest BCUT2D eigenvalue weighted by Crippen LogP contribution is -2.00. The highest BCUT2D eigenvalue weighted by molar-refractivity contribution is 6.18. The standard InChI is InChI=1S/C13H12ClNO/c14-7-2-5-13(16)12-4-1-3-10-9-15-8-6-11(10)12/h1,3-4,6,8-9H,2,5,7H2. The van der Waals surface area contributed by atoms with Gasteiger partial charge in [-0.1, -0.05) is 18.2 Å². The highest BCUT2D eigenvalue weighted by Gasteiger charge is 2.08. The molecule has 2 rings (SSSR count). The maximum atomic E-state index is 11.9. The van der Waals surface area contributed by atoms with Crippen molar-refractivity contribution in [2.45, 2.75) is 12.8 Å². The largest absolute Gasteiger partial charge is 0.294 e. The predicted octanol–water partition coefficient (Wildman–Crippen LogP) is 3.44. The van der Waals surface area contributed by atoms with Gasteiger partial charge in [-0.05, 0) is 17.9 Å². The minimum atomic E-state index is 0.150. The van der Waals surface area contributed by atoms with Crippen molar-refractivity contribution in [1.29, 1.82) is 0 Å². The number of alkyl halides is 1. The Balaban J connectivity index is 2.40. The number of benzene rings is 1. The summed E-state index contributed by atoms with van der Waals surface area (Å²) in [6.07, 6.45) is 4.71. The van der Waals surface area contributed by atoms with Gasteiger partial charge in [0, 0.05) is 35.6 Å². The lowest BCUT2D eigenvalue weighted by atomic mass is 10.0. The molecular formula is C13H12ClNO. The molecule has 0 aliphatic rings. The van der Waals surface area contributed by atoms with Crippen LogP contribution in [-0.2, 0) is 0 Å². The maximum Gasteiger partial charge on any atom is 0.163 e. The van der Waals surface area contributed by atoms with Crippen LogP contribution < -0.4 is 0 Å². The van der Waals surface area contributed by atoms with Crippen molar-refractivity contribution in [1.82, 2.24) is 4.98 Å². The molecule has 1 aromatic carbocycles. The van der Waals surface area contributed by atoms with E-state index in [9.17, 15) is 4.79 Å². The maximum absolute atomic E-state index is 11.9. The monoisotopic (exact) mass is 233 g/mol. The van der Waals surface area contributed by atoms with Gasteiger partial charge in [0.1, 0.15) is 0 Å². The van der Waals surface area contributed by atoms with Crippen LogP contribution in [0.4, 0.5) is 0 Å². The number of hydrogen-bond donors (Lipinski definition) is 0. The van der Waals surface area contributed by atoms with E-state index in [4.69, 9.17) is 11.6 Å². The third kappa shape index (κ3) is 2.22. The van der Waals surface area contributed by atoms with Gasteiger partial charge in [-0.3, -0.25) is 9.78 Å². The summed E-state index contributed by atoms with van der Waals surface area (Å²) in [5, 5.41) is 1.97. The molecule has 0 unspecified atom stereocenters. The summed E-state index contributed by atoms with van der Waals surface area (Å²) >= 11 is 5.59. The minimum absolute atomic E-state index is 0.150. The molecule has 2 aromatic rings. The summed E-state index contributed by atoms with van der Waals surface area (Å²) in [7, 11) is 0. The Kier molecular flexibility index (Phi) is 3.52. The van der Waals surface area contributed by atoms with Crippen LogP contribution in [-0.4, -0.2) is 16.6 Å². The van der Waals surface area contributed by atoms with Crippen LogP contribution in [0.1, 0.15) is 23.2 Å². The molecule has 1 aromatic heterocycles. The Hall–Kier alpha value is -1.41. The molecule has 0 atom stereocenters. The Labute approximate surface area is 99.3 Å². The minimum Gasteiger partial charge on any atom is -0.294 e. The Morgan fingerprint density at radius 2 is 2.19 bits per heavy atom. The average molecular weight is 234 g/mol. The number of hydrogen-bond acceptors (Lipinski definition) is 2. The number of rotatable bonds is 4. The second kappa shape index (κ2) is 5.08. The first-order chi connectivity index (χ1) is 7.83. The Morgan fingerprint density at radius 1 is 1.31 bits per heavy atom. The summed E-state index contributed by atoms with van der Waals surface area (Å²) in [5.41, 5.74) is 0.769. The number of ketones is 1. The molecular weight excluding hydrogens is 222 g/mol. The van der Waals surface area contributed by atoms with Gasteiger partial charge in [0.15, 0.2) is 5.78 Å². The molecule has 1 heterocycles. The molecule has 82 valence electrons. The van der Waals surface area contributed by atoms with Gasteiger partial charge in [-0.2, -0.15) is 0 Å². The quantitative estimate of drug-likeness (QED) is 0.598. The molecule has 0 aliphatic heterocycles. The normalized spacial score (nSPS) is 10.6. The Bertz CT molecular complexity index is 505. The van der Waals surface area contributed by atoms with Crippen LogP contribution in [0.3, 0.4) is 0 Å². The summed E-state index contributed by atoms with van der Waals surface area (Å²) in [5.74, 6) is 0.676. The molecule has 0 saturated heterocycles. The van der Waals surface area contributed by atoms with E-state index in [-0.39, 0.29) is 5.78 Å². The molecule has 0 N–H and O–H groups in total. The predicted molar refractivity (Wildman–Crippen MR) is 66.0 cm³/mol. The second-order valence-corrected chi connectivity index (χ2v) is 4.00. The van der Waals surface area contributed by atoms with E-state index in [2.05, 4.69) is 4.98 Å². The first-order valence-corrected chi connectivity index (χ1v) is 5.78. The molecule has 16 heavy (non-hydrogen) atoms. The zero-order chi connectivity index (χ0) is 11.4. The van der Waals surface area contributed by atoms with E-state index in [1.807, 2.05) is 24.3 Å². The van der Waals surface area contributed by atoms with Crippen molar-refractivity contribution >= 4 is 28.2 Å². The summed E-state index contributed by atoms with van der Waals surface area (Å²) in [6, 6.07) is 7.58. The van der Waals surface area contributed by atoms with Gasteiger partial charge >= 0.3 is 0 Å². The highest BCUT2D eigenvalue weighted by atomic mass is 35.5. The number of aromatic nitrogens is 1. The van der Waals surface area contributed by atoms with E-state index in [0.717, 1.165) is 22.8 Å². The van der Waals surface area contributed by atoms with Gasteiger partial charge in [-0.25, -0.2) is 0 Å². The van der Waals surface area contributed by atoms with Crippen molar-refractivity contribution in [2.24, 2.45) is 0 Å². The average Bonchev–Trinajstić information content (AvgIpc) is 2.35. The van der Waals surface area contributed by atoms with Crippen LogP contribution in [0.2, 0.25) is 0 Å². The number of Topliss-reactive ketones (excluding diaryl/α,β-unsaturated/α-hetero) is 1. The fourth-order valence-corrected chi connectivity index (χ4v) is 1.86. The van der Waals surface area contributed by atoms with Crippen LogP contribution in [0.25, 0.3) is 10.8 Å². The fraction of sp³-hybridized carbons (Fsp3) is 0.231. The smallest absolute Gasteiger partial charge is 0.163 e. The number of nitrogens with zero attached hydrogens (tertiary/aromatic N) is 1. The van der Waals surface area contributed by atoms with Crippen molar-refractivity contribution in [3.63, 3.8) is 0 Å². The van der Waals surface area contributed by atoms with E-state index in [1.165, 1.54) is 0 Å². The molecule has 0 amide bonds. The molecule has 3 heteroatoms. The number of carbonyl (C=O) groups excluding carboxylic acids is 1. The van der Waals surface area contributed by atoms with Crippen molar-refractivity contribution in [3.05, 3.63) is 42.2 Å². The number of carbonyl (C=O) groups is 1. The lowest BCUT2D eigenvalue weighted by Gasteiger charge is -2.04. The third-order valence-electron chi connectivity index (χ3n) is 2.52. The van der Waals surface area contributed by atoms with Gasteiger partial charge in [-0.15, -0.1) is 11.6 Å². The van der Waals surface area contributed by atoms with E-state index in [1.54, 1.807) is 12.4 Å². The zero-order valence-electron chi connectivity index (χ0n) is 8.82. The molecule has 0 aliphatic carbocycles. The Morgan fingerprint density at radius 3 is 3.00 bits per heavy atom. The van der Waals surface area contributed by atoms with Gasteiger partial charge in [0.05, 0.1) is 0 Å². The van der Waals surface area contributed by atoms with Crippen LogP contribution in [0.5, 0.6) is 0 Å². The molecule has 0 radical (unpaired) electrons. The zero-order valence-corrected chi connectivity index (χ0v) is 9.57. The fourth-order valence-electron chi connectivity index (χ4n) is 1.73. The highest BCUT2D eigenvalue weighted by Crippen LogP contribution is 2.19. The second-order valence-electron chi connectivity index (χ2n) is 3.62. The third-order valence-corrected chi connectivity index (χ3v) is 2.79. The molecule has 0 saturated carbocycles. The van der Waals surface area contributed by atoms with Crippen molar-refractivity contribution in [2.75, 3.05) is 5.88 Å². The number of pyridine rings is 1. The van der Waals surface area contributed by atoms with E-state index >= 15 is 0 Å². The van der Waals surface area contributed by atoms with Gasteiger partial charge in [0.2, 0.25) is 0 Å². The van der Waals surface area contributed by atoms with Crippen LogP contribution in [0.15, 0.2) is 36.7 Å². The molecule has 0 fully saturated rings. The van der Waals surface area contributed by atoms with E-state index in [0.29, 0.717) is 12.3 Å². The first-order valence-electron chi connectivity index (χ1n) is 5.25. The van der Waals surface area contributed by atoms with Crippen molar-refractivity contribution in [3.8, 4) is 0 Å². The number of fused-ring (bicyclic) bond motifs is 1. The summed E-state index contributed by atoms with van der Waals surface area (Å²) in [4.78, 5) is 16.0. The number of halogens is 1. The summed E-state index contributed by atoms with van der Waals surface area (Å²) in [6.45, 7) is 0. The molecule has 0 spiro atoms. The van der Waals surface area contributed by atoms with Crippen LogP contribution >= 0.6 is 11.6 Å². The molecule has 2 nitrogen and oxygen atoms in total.